The molecule has 0 aliphatic heterocycles. The van der Waals surface area contributed by atoms with Crippen LogP contribution in [0.25, 0.3) is 0 Å². The molecule has 0 saturated heterocycles. The van der Waals surface area contributed by atoms with E-state index in [9.17, 15) is 4.79 Å². The number of hydrogen-bond acceptors (Lipinski definition) is 2. The van der Waals surface area contributed by atoms with E-state index in [1.807, 2.05) is 26.8 Å². The zero-order valence-electron chi connectivity index (χ0n) is 8.85. The second kappa shape index (κ2) is 4.86. The predicted molar refractivity (Wildman–Crippen MR) is 51.9 cm³/mol. The molecule has 0 radical (unpaired) electrons. The summed E-state index contributed by atoms with van der Waals surface area (Å²) in [6.07, 6.45) is 1.76. The molecule has 0 aromatic rings. The third-order valence-corrected chi connectivity index (χ3v) is 2.57. The van der Waals surface area contributed by atoms with E-state index in [1.54, 1.807) is 6.92 Å². The van der Waals surface area contributed by atoms with Crippen LogP contribution in [0.2, 0.25) is 0 Å². The molecule has 0 bridgehead atoms. The van der Waals surface area contributed by atoms with Gasteiger partial charge in [-0.1, -0.05) is 13.8 Å². The topological polar surface area (TPSA) is 52.9 Å². The highest BCUT2D eigenvalue weighted by Gasteiger charge is 2.24. The van der Waals surface area contributed by atoms with Gasteiger partial charge in [0.2, 0.25) is 5.91 Å². The molecule has 0 heterocycles. The average Bonchev–Trinajstić information content (AvgIpc) is 2.16. The van der Waals surface area contributed by atoms with Gasteiger partial charge in [0.1, 0.15) is 5.92 Å². The number of carbonyl (C=O) groups excluding carboxylic acids is 1. The lowest BCUT2D eigenvalue weighted by Crippen LogP contribution is -2.46. The summed E-state index contributed by atoms with van der Waals surface area (Å²) >= 11 is 0. The van der Waals surface area contributed by atoms with E-state index in [-0.39, 0.29) is 11.4 Å². The van der Waals surface area contributed by atoms with Crippen molar-refractivity contribution >= 4 is 5.91 Å². The number of carbonyl (C=O) groups is 1. The van der Waals surface area contributed by atoms with Crippen molar-refractivity contribution in [1.29, 1.82) is 5.26 Å². The van der Waals surface area contributed by atoms with E-state index >= 15 is 0 Å². The molecule has 0 fully saturated rings. The maximum absolute atomic E-state index is 11.4. The molecule has 1 unspecified atom stereocenters. The smallest absolute Gasteiger partial charge is 0.237 e. The Balaban J connectivity index is 4.27. The van der Waals surface area contributed by atoms with Crippen molar-refractivity contribution < 1.29 is 4.79 Å². The first-order valence-electron chi connectivity index (χ1n) is 4.70. The van der Waals surface area contributed by atoms with Crippen molar-refractivity contribution in [2.24, 2.45) is 5.92 Å². The van der Waals surface area contributed by atoms with Crippen LogP contribution in [0.4, 0.5) is 0 Å². The summed E-state index contributed by atoms with van der Waals surface area (Å²) in [5.41, 5.74) is -0.164. The van der Waals surface area contributed by atoms with Crippen molar-refractivity contribution in [2.45, 2.75) is 46.1 Å². The fraction of sp³-hybridized carbons (Fsp3) is 0.800. The minimum absolute atomic E-state index is 0.164. The molecule has 0 aromatic heterocycles. The standard InChI is InChI=1S/C10H18N2O/c1-5-10(4,6-2)12-9(13)8(3)7-11/h8H,5-6H2,1-4H3,(H,12,13). The van der Waals surface area contributed by atoms with Gasteiger partial charge in [-0.05, 0) is 26.7 Å². The zero-order chi connectivity index (χ0) is 10.5. The van der Waals surface area contributed by atoms with Crippen LogP contribution in [0, 0.1) is 17.2 Å². The second-order valence-corrected chi connectivity index (χ2v) is 3.61. The van der Waals surface area contributed by atoms with E-state index < -0.39 is 5.92 Å². The number of nitrogens with one attached hydrogen (secondary N) is 1. The molecular weight excluding hydrogens is 164 g/mol. The predicted octanol–water partition coefficient (Wildman–Crippen LogP) is 1.84. The summed E-state index contributed by atoms with van der Waals surface area (Å²) in [5.74, 6) is -0.730. The first kappa shape index (κ1) is 12.0. The summed E-state index contributed by atoms with van der Waals surface area (Å²) < 4.78 is 0. The van der Waals surface area contributed by atoms with E-state index in [0.717, 1.165) is 12.8 Å². The highest BCUT2D eigenvalue weighted by molar-refractivity contribution is 5.81. The molecule has 1 N–H and O–H groups in total. The summed E-state index contributed by atoms with van der Waals surface area (Å²) in [7, 11) is 0. The summed E-state index contributed by atoms with van der Waals surface area (Å²) in [6.45, 7) is 7.66. The van der Waals surface area contributed by atoms with Gasteiger partial charge in [-0.2, -0.15) is 5.26 Å². The van der Waals surface area contributed by atoms with E-state index in [0.29, 0.717) is 0 Å². The van der Waals surface area contributed by atoms with E-state index in [4.69, 9.17) is 5.26 Å². The molecule has 0 spiro atoms. The molecule has 3 nitrogen and oxygen atoms in total. The Hall–Kier alpha value is -1.04. The largest absolute Gasteiger partial charge is 0.350 e. The molecule has 3 heteroatoms. The van der Waals surface area contributed by atoms with Crippen molar-refractivity contribution in [3.63, 3.8) is 0 Å². The van der Waals surface area contributed by atoms with Crippen molar-refractivity contribution in [2.75, 3.05) is 0 Å². The molecule has 0 aliphatic rings. The van der Waals surface area contributed by atoms with Crippen LogP contribution in [0.5, 0.6) is 0 Å². The lowest BCUT2D eigenvalue weighted by Gasteiger charge is -2.28. The van der Waals surface area contributed by atoms with Gasteiger partial charge < -0.3 is 5.32 Å². The summed E-state index contributed by atoms with van der Waals surface area (Å²) in [5, 5.41) is 11.4. The van der Waals surface area contributed by atoms with Crippen LogP contribution in [0.3, 0.4) is 0 Å². The minimum Gasteiger partial charge on any atom is -0.350 e. The molecule has 13 heavy (non-hydrogen) atoms. The molecule has 74 valence electrons. The first-order valence-corrected chi connectivity index (χ1v) is 4.70. The fourth-order valence-corrected chi connectivity index (χ4v) is 0.891. The Morgan fingerprint density at radius 3 is 2.31 bits per heavy atom. The Morgan fingerprint density at radius 1 is 1.54 bits per heavy atom. The van der Waals surface area contributed by atoms with Gasteiger partial charge in [-0.15, -0.1) is 0 Å². The van der Waals surface area contributed by atoms with E-state index in [2.05, 4.69) is 5.32 Å². The SMILES string of the molecule is CCC(C)(CC)NC(=O)C(C)C#N. The maximum Gasteiger partial charge on any atom is 0.237 e. The first-order chi connectivity index (χ1) is 5.99. The van der Waals surface area contributed by atoms with Crippen LogP contribution in [0.15, 0.2) is 0 Å². The third kappa shape index (κ3) is 3.45. The van der Waals surface area contributed by atoms with Gasteiger partial charge in [0.05, 0.1) is 6.07 Å². The Bertz CT molecular complexity index is 213. The minimum atomic E-state index is -0.558. The van der Waals surface area contributed by atoms with Gasteiger partial charge >= 0.3 is 0 Å². The second-order valence-electron chi connectivity index (χ2n) is 3.61. The van der Waals surface area contributed by atoms with Crippen molar-refractivity contribution in [3.8, 4) is 6.07 Å². The van der Waals surface area contributed by atoms with Gasteiger partial charge in [-0.25, -0.2) is 0 Å². The molecule has 0 aliphatic carbocycles. The lowest BCUT2D eigenvalue weighted by atomic mass is 9.94. The van der Waals surface area contributed by atoms with Gasteiger partial charge in [-0.3, -0.25) is 4.79 Å². The summed E-state index contributed by atoms with van der Waals surface area (Å²) in [6, 6.07) is 1.92. The number of hydrogen-bond donors (Lipinski definition) is 1. The van der Waals surface area contributed by atoms with Crippen LogP contribution in [0.1, 0.15) is 40.5 Å². The molecule has 0 saturated carbocycles. The van der Waals surface area contributed by atoms with Gasteiger partial charge in [0.15, 0.2) is 0 Å². The van der Waals surface area contributed by atoms with Gasteiger partial charge in [0.25, 0.3) is 0 Å². The van der Waals surface area contributed by atoms with Crippen LogP contribution < -0.4 is 5.32 Å². The number of amides is 1. The molecule has 1 amide bonds. The number of rotatable bonds is 4. The monoisotopic (exact) mass is 182 g/mol. The lowest BCUT2D eigenvalue weighted by molar-refractivity contribution is -0.124. The number of nitrogens with zero attached hydrogens (tertiary/aromatic N) is 1. The Labute approximate surface area is 80.1 Å². The maximum atomic E-state index is 11.4. The van der Waals surface area contributed by atoms with Crippen LogP contribution in [-0.4, -0.2) is 11.4 Å². The molecule has 1 atom stereocenters. The van der Waals surface area contributed by atoms with E-state index in [1.165, 1.54) is 0 Å². The molecule has 0 aromatic carbocycles. The molecular formula is C10H18N2O. The zero-order valence-corrected chi connectivity index (χ0v) is 8.85. The average molecular weight is 182 g/mol. The highest BCUT2D eigenvalue weighted by Crippen LogP contribution is 2.14. The van der Waals surface area contributed by atoms with Crippen molar-refractivity contribution in [1.82, 2.24) is 5.32 Å². The fourth-order valence-electron chi connectivity index (χ4n) is 0.891. The quantitative estimate of drug-likeness (QED) is 0.721. The normalized spacial score (nSPS) is 13.2. The van der Waals surface area contributed by atoms with Crippen LogP contribution >= 0.6 is 0 Å². The van der Waals surface area contributed by atoms with Crippen molar-refractivity contribution in [3.05, 3.63) is 0 Å². The highest BCUT2D eigenvalue weighted by atomic mass is 16.2. The van der Waals surface area contributed by atoms with Gasteiger partial charge in [0, 0.05) is 5.54 Å². The molecule has 0 rings (SSSR count). The Kier molecular flexibility index (Phi) is 4.47. The van der Waals surface area contributed by atoms with Crippen LogP contribution in [-0.2, 0) is 4.79 Å². The number of nitriles is 1. The summed E-state index contributed by atoms with van der Waals surface area (Å²) in [4.78, 5) is 11.4. The third-order valence-electron chi connectivity index (χ3n) is 2.57. The Morgan fingerprint density at radius 2 is 2.00 bits per heavy atom.